The van der Waals surface area contributed by atoms with Gasteiger partial charge in [0.1, 0.15) is 5.69 Å². The van der Waals surface area contributed by atoms with Crippen LogP contribution < -0.4 is 0 Å². The maximum absolute atomic E-state index is 12.4. The van der Waals surface area contributed by atoms with Gasteiger partial charge in [-0.15, -0.1) is 0 Å². The lowest BCUT2D eigenvalue weighted by atomic mass is 10.2. The van der Waals surface area contributed by atoms with Gasteiger partial charge in [-0.1, -0.05) is 29.8 Å². The van der Waals surface area contributed by atoms with E-state index < -0.39 is 0 Å². The van der Waals surface area contributed by atoms with Gasteiger partial charge in [-0.2, -0.15) is 10.2 Å². The Morgan fingerprint density at radius 3 is 2.55 bits per heavy atom. The molecule has 3 rings (SSSR count). The fourth-order valence-corrected chi connectivity index (χ4v) is 2.22. The van der Waals surface area contributed by atoms with Crippen LogP contribution in [0.4, 0.5) is 0 Å². The zero-order valence-electron chi connectivity index (χ0n) is 10.7. The number of hydrogen-bond donors (Lipinski definition) is 0. The first kappa shape index (κ1) is 12.6. The van der Waals surface area contributed by atoms with Crippen LogP contribution in [0.25, 0.3) is 5.69 Å². The molecule has 0 fully saturated rings. The number of carbonyl (C=O) groups excluding carboxylic acids is 1. The maximum atomic E-state index is 12.4. The molecule has 1 aromatic carbocycles. The fourth-order valence-electron chi connectivity index (χ4n) is 1.96. The summed E-state index contributed by atoms with van der Waals surface area (Å²) in [7, 11) is 1.68. The van der Waals surface area contributed by atoms with Gasteiger partial charge in [0.05, 0.1) is 28.7 Å². The number of nitrogens with zero attached hydrogens (tertiary/aromatic N) is 4. The van der Waals surface area contributed by atoms with Crippen molar-refractivity contribution in [2.75, 3.05) is 0 Å². The SMILES string of the molecule is Cn1ncc(Cl)c1C(=O)c1cnn(-c2ccccc2)c1. The number of aromatic nitrogens is 4. The molecule has 0 bridgehead atoms. The van der Waals surface area contributed by atoms with Crippen LogP contribution in [0.15, 0.2) is 48.9 Å². The quantitative estimate of drug-likeness (QED) is 0.695. The summed E-state index contributed by atoms with van der Waals surface area (Å²) in [5.74, 6) is -0.197. The topological polar surface area (TPSA) is 52.7 Å². The second kappa shape index (κ2) is 4.94. The van der Waals surface area contributed by atoms with Crippen LogP contribution >= 0.6 is 11.6 Å². The molecule has 0 radical (unpaired) electrons. The molecular weight excluding hydrogens is 276 g/mol. The molecule has 0 spiro atoms. The second-order valence-corrected chi connectivity index (χ2v) is 4.71. The van der Waals surface area contributed by atoms with E-state index >= 15 is 0 Å². The van der Waals surface area contributed by atoms with E-state index in [-0.39, 0.29) is 5.78 Å². The number of rotatable bonds is 3. The van der Waals surface area contributed by atoms with E-state index in [2.05, 4.69) is 10.2 Å². The molecule has 0 aliphatic heterocycles. The van der Waals surface area contributed by atoms with Crippen molar-refractivity contribution in [2.45, 2.75) is 0 Å². The van der Waals surface area contributed by atoms with Crippen LogP contribution in [0.2, 0.25) is 5.02 Å². The first-order valence-electron chi connectivity index (χ1n) is 5.99. The fraction of sp³-hybridized carbons (Fsp3) is 0.0714. The molecule has 0 saturated heterocycles. The van der Waals surface area contributed by atoms with Crippen molar-refractivity contribution in [1.82, 2.24) is 19.6 Å². The van der Waals surface area contributed by atoms with Crippen molar-refractivity contribution in [1.29, 1.82) is 0 Å². The van der Waals surface area contributed by atoms with E-state index in [1.807, 2.05) is 30.3 Å². The minimum atomic E-state index is -0.197. The van der Waals surface area contributed by atoms with Gasteiger partial charge >= 0.3 is 0 Å². The largest absolute Gasteiger partial charge is 0.287 e. The Balaban J connectivity index is 1.97. The van der Waals surface area contributed by atoms with Crippen LogP contribution in [0.1, 0.15) is 16.1 Å². The van der Waals surface area contributed by atoms with E-state index in [4.69, 9.17) is 11.6 Å². The lowest BCUT2D eigenvalue weighted by molar-refractivity contribution is 0.103. The minimum absolute atomic E-state index is 0.197. The first-order chi connectivity index (χ1) is 9.66. The molecule has 20 heavy (non-hydrogen) atoms. The third-order valence-electron chi connectivity index (χ3n) is 2.97. The van der Waals surface area contributed by atoms with Gasteiger partial charge in [-0.25, -0.2) is 4.68 Å². The van der Waals surface area contributed by atoms with Crippen LogP contribution in [-0.2, 0) is 7.05 Å². The van der Waals surface area contributed by atoms with Crippen LogP contribution in [0, 0.1) is 0 Å². The third kappa shape index (κ3) is 2.12. The number of ketones is 1. The second-order valence-electron chi connectivity index (χ2n) is 4.30. The number of hydrogen-bond acceptors (Lipinski definition) is 3. The van der Waals surface area contributed by atoms with Gasteiger partial charge in [0.25, 0.3) is 0 Å². The molecule has 0 unspecified atom stereocenters. The van der Waals surface area contributed by atoms with Crippen LogP contribution in [0.5, 0.6) is 0 Å². The van der Waals surface area contributed by atoms with Crippen molar-refractivity contribution in [3.8, 4) is 5.69 Å². The highest BCUT2D eigenvalue weighted by Gasteiger charge is 2.19. The van der Waals surface area contributed by atoms with Crippen molar-refractivity contribution in [3.63, 3.8) is 0 Å². The zero-order chi connectivity index (χ0) is 14.1. The first-order valence-corrected chi connectivity index (χ1v) is 6.37. The molecule has 2 heterocycles. The molecule has 0 atom stereocenters. The van der Waals surface area contributed by atoms with Gasteiger partial charge < -0.3 is 0 Å². The molecule has 0 saturated carbocycles. The Labute approximate surface area is 120 Å². The number of para-hydroxylation sites is 1. The molecule has 0 N–H and O–H groups in total. The van der Waals surface area contributed by atoms with Crippen LogP contribution in [-0.4, -0.2) is 25.3 Å². The smallest absolute Gasteiger partial charge is 0.215 e. The lowest BCUT2D eigenvalue weighted by Gasteiger charge is -2.00. The Kier molecular flexibility index (Phi) is 3.12. The molecule has 6 heteroatoms. The van der Waals surface area contributed by atoms with Crippen molar-refractivity contribution >= 4 is 17.4 Å². The summed E-state index contributed by atoms with van der Waals surface area (Å²) < 4.78 is 3.11. The Hall–Kier alpha value is -2.40. The number of carbonyl (C=O) groups is 1. The van der Waals surface area contributed by atoms with Gasteiger partial charge in [0.2, 0.25) is 5.78 Å². The Morgan fingerprint density at radius 1 is 1.15 bits per heavy atom. The highest BCUT2D eigenvalue weighted by atomic mass is 35.5. The minimum Gasteiger partial charge on any atom is -0.287 e. The molecular formula is C14H11ClN4O. The summed E-state index contributed by atoms with van der Waals surface area (Å²) in [5.41, 5.74) is 1.72. The van der Waals surface area contributed by atoms with Gasteiger partial charge in [0.15, 0.2) is 0 Å². The molecule has 2 aromatic heterocycles. The average molecular weight is 287 g/mol. The van der Waals surface area contributed by atoms with Gasteiger partial charge in [-0.3, -0.25) is 9.48 Å². The highest BCUT2D eigenvalue weighted by Crippen LogP contribution is 2.18. The van der Waals surface area contributed by atoms with Crippen molar-refractivity contribution in [2.24, 2.45) is 7.05 Å². The normalized spacial score (nSPS) is 10.7. The van der Waals surface area contributed by atoms with E-state index in [9.17, 15) is 4.79 Å². The van der Waals surface area contributed by atoms with Crippen molar-refractivity contribution < 1.29 is 4.79 Å². The number of benzene rings is 1. The monoisotopic (exact) mass is 286 g/mol. The van der Waals surface area contributed by atoms with E-state index in [1.165, 1.54) is 17.1 Å². The summed E-state index contributed by atoms with van der Waals surface area (Å²) in [6.07, 6.45) is 4.66. The Morgan fingerprint density at radius 2 is 1.90 bits per heavy atom. The maximum Gasteiger partial charge on any atom is 0.215 e. The van der Waals surface area contributed by atoms with Crippen LogP contribution in [0.3, 0.4) is 0 Å². The summed E-state index contributed by atoms with van der Waals surface area (Å²) in [4.78, 5) is 12.4. The Bertz CT molecular complexity index is 741. The molecule has 5 nitrogen and oxygen atoms in total. The summed E-state index contributed by atoms with van der Waals surface area (Å²) in [6.45, 7) is 0. The van der Waals surface area contributed by atoms with Gasteiger partial charge in [0, 0.05) is 13.2 Å². The summed E-state index contributed by atoms with van der Waals surface area (Å²) >= 11 is 5.98. The average Bonchev–Trinajstić information content (AvgIpc) is 3.07. The molecule has 3 aromatic rings. The van der Waals surface area contributed by atoms with Gasteiger partial charge in [-0.05, 0) is 12.1 Å². The molecule has 0 amide bonds. The standard InChI is InChI=1S/C14H11ClN4O/c1-18-13(12(15)8-16-18)14(20)10-7-17-19(9-10)11-5-3-2-4-6-11/h2-9H,1H3. The van der Waals surface area contributed by atoms with E-state index in [1.54, 1.807) is 17.9 Å². The lowest BCUT2D eigenvalue weighted by Crippen LogP contribution is -2.08. The molecule has 0 aliphatic rings. The van der Waals surface area contributed by atoms with E-state index in [0.29, 0.717) is 16.3 Å². The third-order valence-corrected chi connectivity index (χ3v) is 3.25. The number of aryl methyl sites for hydroxylation is 1. The summed E-state index contributed by atoms with van der Waals surface area (Å²) in [5, 5.41) is 8.50. The predicted molar refractivity (Wildman–Crippen MR) is 75.2 cm³/mol. The highest BCUT2D eigenvalue weighted by molar-refractivity contribution is 6.34. The molecule has 100 valence electrons. The summed E-state index contributed by atoms with van der Waals surface area (Å²) in [6, 6.07) is 9.58. The predicted octanol–water partition coefficient (Wildman–Crippen LogP) is 2.49. The van der Waals surface area contributed by atoms with Crippen molar-refractivity contribution in [3.05, 3.63) is 65.2 Å². The molecule has 0 aliphatic carbocycles. The number of halogens is 1. The van der Waals surface area contributed by atoms with E-state index in [0.717, 1.165) is 5.69 Å². The zero-order valence-corrected chi connectivity index (χ0v) is 11.4.